The molecule has 0 aromatic rings. The van der Waals surface area contributed by atoms with Crippen LogP contribution in [0.5, 0.6) is 0 Å². The molecule has 2 fully saturated rings. The molecule has 0 aromatic carbocycles. The Balaban J connectivity index is 1.99. The Morgan fingerprint density at radius 2 is 1.81 bits per heavy atom. The second kappa shape index (κ2) is 4.29. The molecule has 114 valence electrons. The molecule has 4 nitrogen and oxygen atoms in total. The SMILES string of the molecule is CC1CC(=O)C2(C=CC3(C=C2)CCCC3(C)O)C(=O)N1C. The van der Waals surface area contributed by atoms with Gasteiger partial charge in [0.2, 0.25) is 5.91 Å². The molecule has 0 radical (unpaired) electrons. The molecule has 1 saturated carbocycles. The molecule has 2 aliphatic carbocycles. The highest BCUT2D eigenvalue weighted by atomic mass is 16.3. The second-order valence-corrected chi connectivity index (χ2v) is 7.10. The molecule has 21 heavy (non-hydrogen) atoms. The van der Waals surface area contributed by atoms with Crippen molar-refractivity contribution in [1.29, 1.82) is 0 Å². The predicted octanol–water partition coefficient (Wildman–Crippen LogP) is 1.84. The first-order valence-corrected chi connectivity index (χ1v) is 7.68. The fourth-order valence-corrected chi connectivity index (χ4v) is 3.94. The maximum absolute atomic E-state index is 12.6. The average Bonchev–Trinajstić information content (AvgIpc) is 2.72. The van der Waals surface area contributed by atoms with Crippen LogP contribution in [0.15, 0.2) is 24.3 Å². The number of piperidine rings is 1. The molecular formula is C17H23NO3. The smallest absolute Gasteiger partial charge is 0.244 e. The standard InChI is InChI=1S/C17H23NO3/c1-12-11-13(19)17(14(20)18(12)3)9-7-16(8-10-17)6-4-5-15(16,2)21/h7-10,12,21H,4-6,11H2,1-3H3. The van der Waals surface area contributed by atoms with E-state index >= 15 is 0 Å². The number of hydrogen-bond donors (Lipinski definition) is 1. The lowest BCUT2D eigenvalue weighted by Gasteiger charge is -2.44. The molecule has 1 heterocycles. The quantitative estimate of drug-likeness (QED) is 0.547. The Bertz CT molecular complexity index is 544. The van der Waals surface area contributed by atoms with Crippen LogP contribution in [0.2, 0.25) is 0 Å². The average molecular weight is 289 g/mol. The first-order valence-electron chi connectivity index (χ1n) is 7.68. The Morgan fingerprint density at radius 3 is 2.33 bits per heavy atom. The number of carbonyl (C=O) groups excluding carboxylic acids is 2. The topological polar surface area (TPSA) is 57.6 Å². The molecule has 3 rings (SSSR count). The number of ketones is 1. The minimum Gasteiger partial charge on any atom is -0.389 e. The lowest BCUT2D eigenvalue weighted by Crippen LogP contribution is -2.55. The highest BCUT2D eigenvalue weighted by Crippen LogP contribution is 2.52. The van der Waals surface area contributed by atoms with Crippen molar-refractivity contribution in [3.8, 4) is 0 Å². The van der Waals surface area contributed by atoms with Crippen molar-refractivity contribution < 1.29 is 14.7 Å². The third kappa shape index (κ3) is 1.78. The summed E-state index contributed by atoms with van der Waals surface area (Å²) in [5.41, 5.74) is -2.38. The van der Waals surface area contributed by atoms with Gasteiger partial charge in [-0.15, -0.1) is 0 Å². The Kier molecular flexibility index (Phi) is 2.97. The Hall–Kier alpha value is -1.42. The summed E-state index contributed by atoms with van der Waals surface area (Å²) in [6, 6.07) is -0.0529. The van der Waals surface area contributed by atoms with Gasteiger partial charge >= 0.3 is 0 Å². The van der Waals surface area contributed by atoms with Gasteiger partial charge in [-0.2, -0.15) is 0 Å². The minimum absolute atomic E-state index is 0.0434. The van der Waals surface area contributed by atoms with E-state index in [4.69, 9.17) is 0 Å². The van der Waals surface area contributed by atoms with E-state index in [1.54, 1.807) is 24.1 Å². The number of hydrogen-bond acceptors (Lipinski definition) is 3. The molecule has 4 heteroatoms. The zero-order chi connectivity index (χ0) is 15.5. The van der Waals surface area contributed by atoms with Crippen molar-refractivity contribution in [1.82, 2.24) is 4.90 Å². The van der Waals surface area contributed by atoms with Gasteiger partial charge in [0.1, 0.15) is 5.41 Å². The van der Waals surface area contributed by atoms with Crippen LogP contribution in [0.4, 0.5) is 0 Å². The summed E-state index contributed by atoms with van der Waals surface area (Å²) in [5, 5.41) is 10.6. The summed E-state index contributed by atoms with van der Waals surface area (Å²) >= 11 is 0. The van der Waals surface area contributed by atoms with Gasteiger partial charge in [0.05, 0.1) is 5.60 Å². The number of nitrogens with zero attached hydrogens (tertiary/aromatic N) is 1. The maximum Gasteiger partial charge on any atom is 0.244 e. The lowest BCUT2D eigenvalue weighted by atomic mass is 9.65. The van der Waals surface area contributed by atoms with Gasteiger partial charge in [0.15, 0.2) is 5.78 Å². The lowest BCUT2D eigenvalue weighted by molar-refractivity contribution is -0.150. The minimum atomic E-state index is -1.15. The number of aliphatic hydroxyl groups is 1. The van der Waals surface area contributed by atoms with Gasteiger partial charge in [-0.05, 0) is 33.1 Å². The van der Waals surface area contributed by atoms with Gasteiger partial charge in [-0.25, -0.2) is 0 Å². The van der Waals surface area contributed by atoms with Gasteiger partial charge in [0, 0.05) is 24.9 Å². The number of carbonyl (C=O) groups is 2. The van der Waals surface area contributed by atoms with E-state index < -0.39 is 16.4 Å². The van der Waals surface area contributed by atoms with E-state index in [-0.39, 0.29) is 17.7 Å². The van der Waals surface area contributed by atoms with E-state index in [1.807, 2.05) is 26.0 Å². The molecule has 3 aliphatic rings. The third-order valence-electron chi connectivity index (χ3n) is 5.82. The van der Waals surface area contributed by atoms with Crippen molar-refractivity contribution >= 4 is 11.7 Å². The van der Waals surface area contributed by atoms with Crippen molar-refractivity contribution in [2.24, 2.45) is 10.8 Å². The molecular weight excluding hydrogens is 266 g/mol. The zero-order valence-corrected chi connectivity index (χ0v) is 12.9. The highest BCUT2D eigenvalue weighted by Gasteiger charge is 2.54. The van der Waals surface area contributed by atoms with Crippen molar-refractivity contribution in [2.45, 2.75) is 51.2 Å². The van der Waals surface area contributed by atoms with E-state index in [9.17, 15) is 14.7 Å². The molecule has 1 saturated heterocycles. The van der Waals surface area contributed by atoms with E-state index in [1.165, 1.54) is 0 Å². The number of amides is 1. The monoisotopic (exact) mass is 289 g/mol. The summed E-state index contributed by atoms with van der Waals surface area (Å²) < 4.78 is 0. The fourth-order valence-electron chi connectivity index (χ4n) is 3.94. The molecule has 0 aromatic heterocycles. The first kappa shape index (κ1) is 14.5. The summed E-state index contributed by atoms with van der Waals surface area (Å²) in [5.74, 6) is -0.204. The Morgan fingerprint density at radius 1 is 1.19 bits per heavy atom. The number of Topliss-reactive ketones (excluding diaryl/α,β-unsaturated/α-hetero) is 1. The predicted molar refractivity (Wildman–Crippen MR) is 79.5 cm³/mol. The van der Waals surface area contributed by atoms with E-state index in [0.29, 0.717) is 6.42 Å². The van der Waals surface area contributed by atoms with Crippen LogP contribution in [0.25, 0.3) is 0 Å². The maximum atomic E-state index is 12.6. The van der Waals surface area contributed by atoms with Crippen molar-refractivity contribution in [2.75, 3.05) is 7.05 Å². The third-order valence-corrected chi connectivity index (χ3v) is 5.82. The number of likely N-dealkylation sites (tertiary alicyclic amines) is 1. The van der Waals surface area contributed by atoms with Gasteiger partial charge in [0.25, 0.3) is 0 Å². The number of rotatable bonds is 0. The summed E-state index contributed by atoms with van der Waals surface area (Å²) in [6.45, 7) is 3.73. The van der Waals surface area contributed by atoms with Crippen LogP contribution in [0.3, 0.4) is 0 Å². The normalized spacial score (nSPS) is 46.1. The van der Waals surface area contributed by atoms with Crippen LogP contribution in [0.1, 0.15) is 39.5 Å². The van der Waals surface area contributed by atoms with Gasteiger partial charge < -0.3 is 10.0 Å². The van der Waals surface area contributed by atoms with Gasteiger partial charge in [-0.3, -0.25) is 9.59 Å². The van der Waals surface area contributed by atoms with Crippen LogP contribution < -0.4 is 0 Å². The molecule has 1 aliphatic heterocycles. The molecule has 2 spiro atoms. The van der Waals surface area contributed by atoms with Crippen molar-refractivity contribution in [3.05, 3.63) is 24.3 Å². The largest absolute Gasteiger partial charge is 0.389 e. The van der Waals surface area contributed by atoms with Crippen LogP contribution in [0, 0.1) is 10.8 Å². The van der Waals surface area contributed by atoms with Crippen LogP contribution in [-0.2, 0) is 9.59 Å². The highest BCUT2D eigenvalue weighted by molar-refractivity contribution is 6.12. The molecule has 1 N–H and O–H groups in total. The summed E-state index contributed by atoms with van der Waals surface area (Å²) in [4.78, 5) is 26.8. The van der Waals surface area contributed by atoms with Crippen molar-refractivity contribution in [3.63, 3.8) is 0 Å². The zero-order valence-electron chi connectivity index (χ0n) is 12.9. The summed E-state index contributed by atoms with van der Waals surface area (Å²) in [6.07, 6.45) is 10.2. The van der Waals surface area contributed by atoms with Crippen LogP contribution in [-0.4, -0.2) is 40.4 Å². The molecule has 0 bridgehead atoms. The summed E-state index contributed by atoms with van der Waals surface area (Å²) in [7, 11) is 1.75. The molecule has 1 amide bonds. The van der Waals surface area contributed by atoms with E-state index in [0.717, 1.165) is 19.3 Å². The second-order valence-electron chi connectivity index (χ2n) is 7.10. The first-order chi connectivity index (χ1) is 9.74. The Labute approximate surface area is 125 Å². The molecule has 2 atom stereocenters. The molecule has 2 unspecified atom stereocenters. The van der Waals surface area contributed by atoms with Crippen LogP contribution >= 0.6 is 0 Å². The fraction of sp³-hybridized carbons (Fsp3) is 0.647. The van der Waals surface area contributed by atoms with E-state index in [2.05, 4.69) is 0 Å². The van der Waals surface area contributed by atoms with Gasteiger partial charge in [-0.1, -0.05) is 24.3 Å².